The number of hydrogen-bond donors (Lipinski definition) is 1. The molecule has 0 aliphatic heterocycles. The van der Waals surface area contributed by atoms with Crippen LogP contribution < -0.4 is 10.5 Å². The average Bonchev–Trinajstić information content (AvgIpc) is 2.53. The van der Waals surface area contributed by atoms with Gasteiger partial charge in [-0.1, -0.05) is 23.7 Å². The highest BCUT2D eigenvalue weighted by Gasteiger charge is 2.29. The van der Waals surface area contributed by atoms with E-state index in [0.29, 0.717) is 5.02 Å². The molecule has 1 aromatic carbocycles. The van der Waals surface area contributed by atoms with Crippen molar-refractivity contribution < 1.29 is 4.74 Å². The first-order valence-corrected chi connectivity index (χ1v) is 7.61. The van der Waals surface area contributed by atoms with Crippen LogP contribution in [-0.2, 0) is 6.42 Å². The van der Waals surface area contributed by atoms with Crippen LogP contribution in [0.15, 0.2) is 36.5 Å². The number of aryl methyl sites for hydroxylation is 1. The third kappa shape index (κ3) is 2.76. The van der Waals surface area contributed by atoms with Crippen molar-refractivity contribution in [2.75, 3.05) is 7.11 Å². The zero-order chi connectivity index (χ0) is 14.8. The molecule has 1 aliphatic rings. The largest absolute Gasteiger partial charge is 0.496 e. The highest BCUT2D eigenvalue weighted by atomic mass is 35.5. The quantitative estimate of drug-likeness (QED) is 0.936. The van der Waals surface area contributed by atoms with Crippen LogP contribution in [0.2, 0.25) is 5.02 Å². The van der Waals surface area contributed by atoms with Crippen molar-refractivity contribution in [3.63, 3.8) is 0 Å². The summed E-state index contributed by atoms with van der Waals surface area (Å²) in [4.78, 5) is 4.57. The van der Waals surface area contributed by atoms with E-state index in [1.54, 1.807) is 7.11 Å². The van der Waals surface area contributed by atoms with Gasteiger partial charge >= 0.3 is 0 Å². The summed E-state index contributed by atoms with van der Waals surface area (Å²) in [6.07, 6.45) is 5.14. The van der Waals surface area contributed by atoms with E-state index in [-0.39, 0.29) is 12.0 Å². The standard InChI is InChI=1S/C17H19ClN2O/c1-21-15-10-12(18)7-8-13(15)16(19)14-6-2-4-11-5-3-9-20-17(11)14/h3,5,7-10,14,16H,2,4,6,19H2,1H3. The number of nitrogens with zero attached hydrogens (tertiary/aromatic N) is 1. The molecule has 0 fully saturated rings. The summed E-state index contributed by atoms with van der Waals surface area (Å²) in [5.41, 5.74) is 9.99. The van der Waals surface area contributed by atoms with Crippen LogP contribution >= 0.6 is 11.6 Å². The number of halogens is 1. The summed E-state index contributed by atoms with van der Waals surface area (Å²) in [5, 5.41) is 0.657. The summed E-state index contributed by atoms with van der Waals surface area (Å²) in [6, 6.07) is 9.66. The van der Waals surface area contributed by atoms with Gasteiger partial charge in [-0.2, -0.15) is 0 Å². The molecule has 0 radical (unpaired) electrons. The minimum Gasteiger partial charge on any atom is -0.496 e. The molecule has 2 N–H and O–H groups in total. The van der Waals surface area contributed by atoms with E-state index in [2.05, 4.69) is 11.1 Å². The molecular formula is C17H19ClN2O. The van der Waals surface area contributed by atoms with E-state index < -0.39 is 0 Å². The van der Waals surface area contributed by atoms with E-state index >= 15 is 0 Å². The molecule has 0 bridgehead atoms. The Kier molecular flexibility index (Phi) is 4.13. The Morgan fingerprint density at radius 2 is 2.24 bits per heavy atom. The number of methoxy groups -OCH3 is 1. The molecule has 0 saturated heterocycles. The van der Waals surface area contributed by atoms with E-state index in [4.69, 9.17) is 22.1 Å². The van der Waals surface area contributed by atoms with Gasteiger partial charge in [0.15, 0.2) is 0 Å². The fourth-order valence-electron chi connectivity index (χ4n) is 3.17. The zero-order valence-electron chi connectivity index (χ0n) is 12.1. The highest BCUT2D eigenvalue weighted by molar-refractivity contribution is 6.30. The van der Waals surface area contributed by atoms with Gasteiger partial charge in [0.1, 0.15) is 5.75 Å². The number of aromatic nitrogens is 1. The maximum Gasteiger partial charge on any atom is 0.125 e. The van der Waals surface area contributed by atoms with Crippen molar-refractivity contribution in [2.24, 2.45) is 5.73 Å². The maximum absolute atomic E-state index is 6.55. The summed E-state index contributed by atoms with van der Waals surface area (Å²) < 4.78 is 5.44. The number of benzene rings is 1. The second-order valence-electron chi connectivity index (χ2n) is 5.46. The Morgan fingerprint density at radius 3 is 3.05 bits per heavy atom. The van der Waals surface area contributed by atoms with Crippen LogP contribution in [-0.4, -0.2) is 12.1 Å². The van der Waals surface area contributed by atoms with Crippen LogP contribution in [0.4, 0.5) is 0 Å². The first kappa shape index (κ1) is 14.4. The van der Waals surface area contributed by atoms with Gasteiger partial charge in [0.25, 0.3) is 0 Å². The lowest BCUT2D eigenvalue weighted by Gasteiger charge is -2.30. The third-order valence-corrected chi connectivity index (χ3v) is 4.46. The Labute approximate surface area is 130 Å². The topological polar surface area (TPSA) is 48.1 Å². The second-order valence-corrected chi connectivity index (χ2v) is 5.89. The van der Waals surface area contributed by atoms with Crippen molar-refractivity contribution in [3.05, 3.63) is 58.4 Å². The lowest BCUT2D eigenvalue weighted by Crippen LogP contribution is -2.25. The van der Waals surface area contributed by atoms with Gasteiger partial charge < -0.3 is 10.5 Å². The minimum atomic E-state index is -0.133. The highest BCUT2D eigenvalue weighted by Crippen LogP contribution is 2.40. The number of rotatable bonds is 3. The molecule has 2 unspecified atom stereocenters. The second kappa shape index (κ2) is 6.04. The summed E-state index contributed by atoms with van der Waals surface area (Å²) in [5.74, 6) is 0.975. The molecule has 3 rings (SSSR count). The van der Waals surface area contributed by atoms with Gasteiger partial charge in [-0.15, -0.1) is 0 Å². The Morgan fingerprint density at radius 1 is 1.38 bits per heavy atom. The van der Waals surface area contributed by atoms with Crippen molar-refractivity contribution >= 4 is 11.6 Å². The Balaban J connectivity index is 1.98. The number of pyridine rings is 1. The van der Waals surface area contributed by atoms with Crippen LogP contribution in [0.5, 0.6) is 5.75 Å². The fraction of sp³-hybridized carbons (Fsp3) is 0.353. The molecule has 2 aromatic rings. The molecular weight excluding hydrogens is 284 g/mol. The van der Waals surface area contributed by atoms with E-state index in [1.165, 1.54) is 5.56 Å². The Hall–Kier alpha value is -1.58. The number of nitrogens with two attached hydrogens (primary N) is 1. The first-order chi connectivity index (χ1) is 10.2. The molecule has 1 aliphatic carbocycles. The van der Waals surface area contributed by atoms with Crippen molar-refractivity contribution in [3.8, 4) is 5.75 Å². The van der Waals surface area contributed by atoms with Gasteiger partial charge in [-0.3, -0.25) is 4.98 Å². The molecule has 1 aromatic heterocycles. The third-order valence-electron chi connectivity index (χ3n) is 4.23. The van der Waals surface area contributed by atoms with Gasteiger partial charge in [0.05, 0.1) is 7.11 Å². The van der Waals surface area contributed by atoms with Gasteiger partial charge in [-0.25, -0.2) is 0 Å². The van der Waals surface area contributed by atoms with Crippen LogP contribution in [0, 0.1) is 0 Å². The predicted octanol–water partition coefficient (Wildman–Crippen LogP) is 3.86. The van der Waals surface area contributed by atoms with Crippen molar-refractivity contribution in [2.45, 2.75) is 31.2 Å². The predicted molar refractivity (Wildman–Crippen MR) is 84.8 cm³/mol. The molecule has 1 heterocycles. The lowest BCUT2D eigenvalue weighted by atomic mass is 9.80. The maximum atomic E-state index is 6.55. The summed E-state index contributed by atoms with van der Waals surface area (Å²) >= 11 is 6.03. The zero-order valence-corrected chi connectivity index (χ0v) is 12.8. The van der Waals surface area contributed by atoms with Crippen molar-refractivity contribution in [1.29, 1.82) is 0 Å². The van der Waals surface area contributed by atoms with E-state index in [1.807, 2.05) is 30.5 Å². The Bertz CT molecular complexity index is 644. The van der Waals surface area contributed by atoms with Crippen LogP contribution in [0.25, 0.3) is 0 Å². The average molecular weight is 303 g/mol. The summed E-state index contributed by atoms with van der Waals surface area (Å²) in [7, 11) is 1.65. The smallest absolute Gasteiger partial charge is 0.125 e. The lowest BCUT2D eigenvalue weighted by molar-refractivity contribution is 0.393. The van der Waals surface area contributed by atoms with Gasteiger partial charge in [0, 0.05) is 34.4 Å². The molecule has 0 saturated carbocycles. The van der Waals surface area contributed by atoms with E-state index in [9.17, 15) is 0 Å². The monoisotopic (exact) mass is 302 g/mol. The van der Waals surface area contributed by atoms with Crippen LogP contribution in [0.1, 0.15) is 41.6 Å². The number of hydrogen-bond acceptors (Lipinski definition) is 3. The minimum absolute atomic E-state index is 0.133. The first-order valence-electron chi connectivity index (χ1n) is 7.23. The normalized spacial score (nSPS) is 18.9. The van der Waals surface area contributed by atoms with Crippen LogP contribution in [0.3, 0.4) is 0 Å². The number of ether oxygens (including phenoxy) is 1. The summed E-state index contributed by atoms with van der Waals surface area (Å²) in [6.45, 7) is 0. The SMILES string of the molecule is COc1cc(Cl)ccc1C(N)C1CCCc2cccnc21. The molecule has 0 amide bonds. The van der Waals surface area contributed by atoms with Crippen molar-refractivity contribution in [1.82, 2.24) is 4.98 Å². The molecule has 3 nitrogen and oxygen atoms in total. The molecule has 21 heavy (non-hydrogen) atoms. The molecule has 110 valence electrons. The van der Waals surface area contributed by atoms with Gasteiger partial charge in [0.2, 0.25) is 0 Å². The van der Waals surface area contributed by atoms with E-state index in [0.717, 1.165) is 36.3 Å². The molecule has 4 heteroatoms. The fourth-order valence-corrected chi connectivity index (χ4v) is 3.33. The van der Waals surface area contributed by atoms with Gasteiger partial charge in [-0.05, 0) is 43.0 Å². The molecule has 2 atom stereocenters. The number of fused-ring (bicyclic) bond motifs is 1. The molecule has 0 spiro atoms.